The normalized spacial score (nSPS) is 22.2. The van der Waals surface area contributed by atoms with E-state index in [1.807, 2.05) is 12.1 Å². The molecule has 2 heterocycles. The molecule has 1 saturated carbocycles. The summed E-state index contributed by atoms with van der Waals surface area (Å²) in [4.78, 5) is 26.7. The monoisotopic (exact) mass is 322 g/mol. The molecule has 120 valence electrons. The number of rotatable bonds is 5. The van der Waals surface area contributed by atoms with Crippen LogP contribution in [0.15, 0.2) is 22.8 Å². The molecule has 0 bridgehead atoms. The van der Waals surface area contributed by atoms with Crippen LogP contribution in [-0.4, -0.2) is 40.9 Å². The molecule has 1 aromatic rings. The van der Waals surface area contributed by atoms with E-state index in [9.17, 15) is 9.59 Å². The quantitative estimate of drug-likeness (QED) is 0.901. The van der Waals surface area contributed by atoms with Crippen molar-refractivity contribution in [3.05, 3.63) is 24.2 Å². The van der Waals surface area contributed by atoms with Crippen molar-refractivity contribution in [2.45, 2.75) is 38.1 Å². The lowest BCUT2D eigenvalue weighted by molar-refractivity contribution is -0.141. The third-order valence-corrected chi connectivity index (χ3v) is 5.44. The van der Waals surface area contributed by atoms with Crippen LogP contribution in [0, 0.1) is 5.92 Å². The molecule has 6 heteroatoms. The number of furan rings is 1. The molecule has 3 rings (SSSR count). The Morgan fingerprint density at radius 3 is 2.91 bits per heavy atom. The third kappa shape index (κ3) is 3.48. The second-order valence-electron chi connectivity index (χ2n) is 5.93. The first kappa shape index (κ1) is 15.5. The standard InChI is InChI=1S/C16H22N2O3S/c19-15(17-8-7-13-6-3-9-21-13)14-10-22-11-18(14)16(20)12-4-1-2-5-12/h3,6,9,12,14H,1-2,4-5,7-8,10-11H2,(H,17,19). The Labute approximate surface area is 134 Å². The summed E-state index contributed by atoms with van der Waals surface area (Å²) in [6.45, 7) is 0.541. The van der Waals surface area contributed by atoms with Crippen LogP contribution in [0.25, 0.3) is 0 Å². The first-order valence-electron chi connectivity index (χ1n) is 7.94. The summed E-state index contributed by atoms with van der Waals surface area (Å²) in [6, 6.07) is 3.43. The van der Waals surface area contributed by atoms with Crippen LogP contribution in [0.4, 0.5) is 0 Å². The molecule has 1 aliphatic heterocycles. The summed E-state index contributed by atoms with van der Waals surface area (Å²) >= 11 is 1.66. The number of nitrogens with zero attached hydrogens (tertiary/aromatic N) is 1. The van der Waals surface area contributed by atoms with Crippen molar-refractivity contribution in [1.82, 2.24) is 10.2 Å². The maximum atomic E-state index is 12.5. The fraction of sp³-hybridized carbons (Fsp3) is 0.625. The van der Waals surface area contributed by atoms with Crippen LogP contribution in [0.5, 0.6) is 0 Å². The lowest BCUT2D eigenvalue weighted by Gasteiger charge is -2.25. The number of hydrogen-bond acceptors (Lipinski definition) is 4. The molecule has 1 N–H and O–H groups in total. The van der Waals surface area contributed by atoms with E-state index in [0.29, 0.717) is 24.6 Å². The molecule has 5 nitrogen and oxygen atoms in total. The third-order valence-electron chi connectivity index (χ3n) is 4.42. The Bertz CT molecular complexity index is 511. The van der Waals surface area contributed by atoms with E-state index in [1.54, 1.807) is 22.9 Å². The van der Waals surface area contributed by atoms with Crippen LogP contribution in [-0.2, 0) is 16.0 Å². The van der Waals surface area contributed by atoms with Crippen molar-refractivity contribution < 1.29 is 14.0 Å². The SMILES string of the molecule is O=C(NCCc1ccco1)C1CSCN1C(=O)C1CCCC1. The van der Waals surface area contributed by atoms with E-state index in [-0.39, 0.29) is 23.8 Å². The molecular weight excluding hydrogens is 300 g/mol. The first-order chi connectivity index (χ1) is 10.8. The minimum atomic E-state index is -0.310. The number of carbonyl (C=O) groups excluding carboxylic acids is 2. The second kappa shape index (κ2) is 7.22. The summed E-state index contributed by atoms with van der Waals surface area (Å²) in [7, 11) is 0. The van der Waals surface area contributed by atoms with Gasteiger partial charge in [0, 0.05) is 24.6 Å². The number of hydrogen-bond donors (Lipinski definition) is 1. The molecule has 1 unspecified atom stereocenters. The highest BCUT2D eigenvalue weighted by Gasteiger charge is 2.38. The molecule has 0 radical (unpaired) electrons. The first-order valence-corrected chi connectivity index (χ1v) is 9.09. The molecule has 1 aromatic heterocycles. The fourth-order valence-corrected chi connectivity index (χ4v) is 4.33. The van der Waals surface area contributed by atoms with Crippen LogP contribution < -0.4 is 5.32 Å². The van der Waals surface area contributed by atoms with Crippen LogP contribution in [0.2, 0.25) is 0 Å². The molecule has 2 fully saturated rings. The van der Waals surface area contributed by atoms with Gasteiger partial charge in [-0.15, -0.1) is 11.8 Å². The molecular formula is C16H22N2O3S. The Kier molecular flexibility index (Phi) is 5.08. The molecule has 22 heavy (non-hydrogen) atoms. The van der Waals surface area contributed by atoms with Gasteiger partial charge in [0.2, 0.25) is 11.8 Å². The summed E-state index contributed by atoms with van der Waals surface area (Å²) in [5.41, 5.74) is 0. The molecule has 2 aliphatic rings. The van der Waals surface area contributed by atoms with Gasteiger partial charge in [0.15, 0.2) is 0 Å². The molecule has 1 atom stereocenters. The highest BCUT2D eigenvalue weighted by molar-refractivity contribution is 7.99. The van der Waals surface area contributed by atoms with Crippen molar-refractivity contribution in [2.24, 2.45) is 5.92 Å². The molecule has 0 aromatic carbocycles. The average Bonchev–Trinajstić information content (AvgIpc) is 3.26. The van der Waals surface area contributed by atoms with Crippen molar-refractivity contribution in [3.8, 4) is 0 Å². The van der Waals surface area contributed by atoms with Gasteiger partial charge in [-0.2, -0.15) is 0 Å². The van der Waals surface area contributed by atoms with Crippen molar-refractivity contribution in [2.75, 3.05) is 18.2 Å². The highest BCUT2D eigenvalue weighted by atomic mass is 32.2. The van der Waals surface area contributed by atoms with Gasteiger partial charge in [0.1, 0.15) is 11.8 Å². The molecule has 1 aliphatic carbocycles. The predicted molar refractivity (Wildman–Crippen MR) is 85.3 cm³/mol. The van der Waals surface area contributed by atoms with Crippen molar-refractivity contribution in [1.29, 1.82) is 0 Å². The topological polar surface area (TPSA) is 62.6 Å². The number of carbonyl (C=O) groups is 2. The Morgan fingerprint density at radius 1 is 1.36 bits per heavy atom. The van der Waals surface area contributed by atoms with E-state index < -0.39 is 0 Å². The largest absolute Gasteiger partial charge is 0.469 e. The maximum Gasteiger partial charge on any atom is 0.243 e. The van der Waals surface area contributed by atoms with Crippen LogP contribution >= 0.6 is 11.8 Å². The minimum absolute atomic E-state index is 0.0390. The van der Waals surface area contributed by atoms with Gasteiger partial charge in [-0.05, 0) is 25.0 Å². The van der Waals surface area contributed by atoms with Crippen molar-refractivity contribution >= 4 is 23.6 Å². The minimum Gasteiger partial charge on any atom is -0.469 e. The zero-order valence-corrected chi connectivity index (χ0v) is 13.4. The van der Waals surface area contributed by atoms with Gasteiger partial charge in [-0.1, -0.05) is 12.8 Å². The van der Waals surface area contributed by atoms with Gasteiger partial charge in [-0.25, -0.2) is 0 Å². The van der Waals surface area contributed by atoms with Crippen LogP contribution in [0.1, 0.15) is 31.4 Å². The number of thioether (sulfide) groups is 1. The summed E-state index contributed by atoms with van der Waals surface area (Å²) in [5, 5.41) is 2.93. The van der Waals surface area contributed by atoms with E-state index in [0.717, 1.165) is 31.4 Å². The smallest absolute Gasteiger partial charge is 0.243 e. The van der Waals surface area contributed by atoms with Gasteiger partial charge in [0.05, 0.1) is 12.1 Å². The highest BCUT2D eigenvalue weighted by Crippen LogP contribution is 2.30. The zero-order chi connectivity index (χ0) is 15.4. The second-order valence-corrected chi connectivity index (χ2v) is 6.93. The Morgan fingerprint density at radius 2 is 2.18 bits per heavy atom. The van der Waals surface area contributed by atoms with E-state index >= 15 is 0 Å². The van der Waals surface area contributed by atoms with Crippen LogP contribution in [0.3, 0.4) is 0 Å². The van der Waals surface area contributed by atoms with Gasteiger partial charge < -0.3 is 14.6 Å². The lowest BCUT2D eigenvalue weighted by atomic mass is 10.1. The number of nitrogens with one attached hydrogen (secondary N) is 1. The predicted octanol–water partition coefficient (Wildman–Crippen LogP) is 2.03. The molecule has 0 spiro atoms. The summed E-state index contributed by atoms with van der Waals surface area (Å²) < 4.78 is 5.25. The average molecular weight is 322 g/mol. The Hall–Kier alpha value is -1.43. The van der Waals surface area contributed by atoms with Gasteiger partial charge in [-0.3, -0.25) is 9.59 Å². The van der Waals surface area contributed by atoms with E-state index in [2.05, 4.69) is 5.32 Å². The Balaban J connectivity index is 1.50. The van der Waals surface area contributed by atoms with Gasteiger partial charge >= 0.3 is 0 Å². The summed E-state index contributed by atoms with van der Waals surface area (Å²) in [6.07, 6.45) is 6.54. The maximum absolute atomic E-state index is 12.5. The fourth-order valence-electron chi connectivity index (χ4n) is 3.17. The molecule has 2 amide bonds. The number of amides is 2. The lowest BCUT2D eigenvalue weighted by Crippen LogP contribution is -2.49. The zero-order valence-electron chi connectivity index (χ0n) is 12.6. The summed E-state index contributed by atoms with van der Waals surface area (Å²) in [5.74, 6) is 2.48. The van der Waals surface area contributed by atoms with E-state index in [1.165, 1.54) is 0 Å². The van der Waals surface area contributed by atoms with E-state index in [4.69, 9.17) is 4.42 Å². The van der Waals surface area contributed by atoms with Crippen molar-refractivity contribution in [3.63, 3.8) is 0 Å². The molecule has 1 saturated heterocycles. The van der Waals surface area contributed by atoms with Gasteiger partial charge in [0.25, 0.3) is 0 Å².